The maximum Gasteiger partial charge on any atom is 0.122 e. The van der Waals surface area contributed by atoms with E-state index in [9.17, 15) is 0 Å². The summed E-state index contributed by atoms with van der Waals surface area (Å²) in [7, 11) is 0. The van der Waals surface area contributed by atoms with Crippen LogP contribution in [0.25, 0.3) is 0 Å². The monoisotopic (exact) mass is 275 g/mol. The van der Waals surface area contributed by atoms with Gasteiger partial charge in [-0.25, -0.2) is 0 Å². The van der Waals surface area contributed by atoms with Crippen molar-refractivity contribution in [1.82, 2.24) is 5.32 Å². The average Bonchev–Trinajstić information content (AvgIpc) is 2.48. The highest BCUT2D eigenvalue weighted by molar-refractivity contribution is 5.35. The smallest absolute Gasteiger partial charge is 0.122 e. The van der Waals surface area contributed by atoms with Gasteiger partial charge >= 0.3 is 0 Å². The quantitative estimate of drug-likeness (QED) is 0.811. The normalized spacial score (nSPS) is 20.9. The third-order valence-corrected chi connectivity index (χ3v) is 4.40. The molecule has 0 saturated heterocycles. The Morgan fingerprint density at radius 3 is 2.80 bits per heavy atom. The highest BCUT2D eigenvalue weighted by Gasteiger charge is 2.30. The lowest BCUT2D eigenvalue weighted by Gasteiger charge is -2.36. The second-order valence-corrected chi connectivity index (χ2v) is 6.13. The van der Waals surface area contributed by atoms with Crippen LogP contribution < -0.4 is 10.1 Å². The minimum absolute atomic E-state index is 0.572. The third kappa shape index (κ3) is 3.76. The molecule has 0 amide bonds. The molecule has 3 atom stereocenters. The van der Waals surface area contributed by atoms with E-state index < -0.39 is 0 Å². The van der Waals surface area contributed by atoms with Crippen molar-refractivity contribution in [2.75, 3.05) is 13.2 Å². The zero-order chi connectivity index (χ0) is 14.4. The van der Waals surface area contributed by atoms with E-state index in [0.717, 1.165) is 25.3 Å². The molecular formula is C18H29NO. The van der Waals surface area contributed by atoms with E-state index in [1.165, 1.54) is 24.8 Å². The summed E-state index contributed by atoms with van der Waals surface area (Å²) in [5, 5.41) is 3.77. The van der Waals surface area contributed by atoms with E-state index in [-0.39, 0.29) is 0 Å². The van der Waals surface area contributed by atoms with Gasteiger partial charge in [-0.15, -0.1) is 0 Å². The van der Waals surface area contributed by atoms with Crippen molar-refractivity contribution in [3.8, 4) is 5.75 Å². The van der Waals surface area contributed by atoms with Crippen molar-refractivity contribution in [3.05, 3.63) is 29.8 Å². The van der Waals surface area contributed by atoms with Crippen LogP contribution in [0.1, 0.15) is 45.6 Å². The topological polar surface area (TPSA) is 21.3 Å². The number of hydrogen-bond donors (Lipinski definition) is 1. The van der Waals surface area contributed by atoms with Gasteiger partial charge in [0, 0.05) is 12.0 Å². The molecule has 1 aliphatic rings. The Bertz CT molecular complexity index is 404. The molecule has 0 fully saturated rings. The van der Waals surface area contributed by atoms with Gasteiger partial charge in [-0.2, -0.15) is 0 Å². The van der Waals surface area contributed by atoms with Crippen LogP contribution >= 0.6 is 0 Å². The molecule has 0 aromatic heterocycles. The first-order valence-electron chi connectivity index (χ1n) is 8.20. The molecule has 0 bridgehead atoms. The standard InChI is InChI=1S/C18H29NO/c1-4-8-14(3)18(19-11-5-2)16-12-15-9-6-7-10-17(15)20-13-16/h6-7,9-10,14,16,18-19H,4-5,8,11-13H2,1-3H3. The molecule has 20 heavy (non-hydrogen) atoms. The third-order valence-electron chi connectivity index (χ3n) is 4.40. The van der Waals surface area contributed by atoms with Crippen LogP contribution in [0, 0.1) is 11.8 Å². The number of fused-ring (bicyclic) bond motifs is 1. The summed E-state index contributed by atoms with van der Waals surface area (Å²) in [6, 6.07) is 9.06. The van der Waals surface area contributed by atoms with E-state index in [2.05, 4.69) is 50.4 Å². The molecule has 1 aromatic carbocycles. The number of para-hydroxylation sites is 1. The molecule has 0 radical (unpaired) electrons. The molecule has 0 saturated carbocycles. The van der Waals surface area contributed by atoms with Crippen molar-refractivity contribution in [1.29, 1.82) is 0 Å². The van der Waals surface area contributed by atoms with Crippen molar-refractivity contribution in [2.45, 2.75) is 52.5 Å². The maximum absolute atomic E-state index is 5.99. The molecule has 1 aliphatic heterocycles. The van der Waals surface area contributed by atoms with E-state index >= 15 is 0 Å². The second kappa shape index (κ2) is 7.68. The van der Waals surface area contributed by atoms with Crippen LogP contribution in [0.4, 0.5) is 0 Å². The number of ether oxygens (including phenoxy) is 1. The van der Waals surface area contributed by atoms with E-state index in [1.54, 1.807) is 0 Å². The predicted molar refractivity (Wildman–Crippen MR) is 85.3 cm³/mol. The Labute approximate surface area is 123 Å². The Morgan fingerprint density at radius 2 is 2.05 bits per heavy atom. The molecule has 1 heterocycles. The summed E-state index contributed by atoms with van der Waals surface area (Å²) in [6.07, 6.45) is 4.89. The van der Waals surface area contributed by atoms with Crippen molar-refractivity contribution >= 4 is 0 Å². The van der Waals surface area contributed by atoms with E-state index in [4.69, 9.17) is 4.74 Å². The SMILES string of the molecule is CCCNC(C(C)CCC)C1COc2ccccc2C1. The summed E-state index contributed by atoms with van der Waals surface area (Å²) >= 11 is 0. The number of hydrogen-bond acceptors (Lipinski definition) is 2. The van der Waals surface area contributed by atoms with Crippen molar-refractivity contribution in [3.63, 3.8) is 0 Å². The molecule has 0 aliphatic carbocycles. The van der Waals surface area contributed by atoms with Gasteiger partial charge in [-0.05, 0) is 43.4 Å². The fourth-order valence-corrected chi connectivity index (χ4v) is 3.36. The van der Waals surface area contributed by atoms with Crippen LogP contribution in [0.5, 0.6) is 5.75 Å². The van der Waals surface area contributed by atoms with Gasteiger partial charge in [-0.3, -0.25) is 0 Å². The highest BCUT2D eigenvalue weighted by Crippen LogP contribution is 2.31. The van der Waals surface area contributed by atoms with Gasteiger partial charge in [0.15, 0.2) is 0 Å². The minimum atomic E-state index is 0.572. The van der Waals surface area contributed by atoms with Gasteiger partial charge in [-0.1, -0.05) is 45.4 Å². The molecule has 1 N–H and O–H groups in total. The Morgan fingerprint density at radius 1 is 1.25 bits per heavy atom. The van der Waals surface area contributed by atoms with Gasteiger partial charge in [0.1, 0.15) is 5.75 Å². The average molecular weight is 275 g/mol. The largest absolute Gasteiger partial charge is 0.493 e. The highest BCUT2D eigenvalue weighted by atomic mass is 16.5. The zero-order valence-electron chi connectivity index (χ0n) is 13.2. The molecular weight excluding hydrogens is 246 g/mol. The van der Waals surface area contributed by atoms with Crippen molar-refractivity contribution in [2.24, 2.45) is 11.8 Å². The summed E-state index contributed by atoms with van der Waals surface area (Å²) in [5.41, 5.74) is 1.37. The van der Waals surface area contributed by atoms with Crippen LogP contribution in [0.2, 0.25) is 0 Å². The summed E-state index contributed by atoms with van der Waals surface area (Å²) < 4.78 is 5.99. The first-order chi connectivity index (χ1) is 9.76. The van der Waals surface area contributed by atoms with E-state index in [1.807, 2.05) is 0 Å². The molecule has 0 spiro atoms. The lowest BCUT2D eigenvalue weighted by atomic mass is 9.82. The van der Waals surface area contributed by atoms with Crippen molar-refractivity contribution < 1.29 is 4.74 Å². The molecule has 112 valence electrons. The van der Waals surface area contributed by atoms with Crippen LogP contribution in [-0.2, 0) is 6.42 Å². The summed E-state index contributed by atoms with van der Waals surface area (Å²) in [5.74, 6) is 2.39. The lowest BCUT2D eigenvalue weighted by Crippen LogP contribution is -2.46. The summed E-state index contributed by atoms with van der Waals surface area (Å²) in [6.45, 7) is 8.86. The molecule has 2 heteroatoms. The molecule has 2 nitrogen and oxygen atoms in total. The van der Waals surface area contributed by atoms with Crippen LogP contribution in [0.3, 0.4) is 0 Å². The molecule has 3 unspecified atom stereocenters. The van der Waals surface area contributed by atoms with Gasteiger partial charge in [0.05, 0.1) is 6.61 Å². The predicted octanol–water partition coefficient (Wildman–Crippen LogP) is 4.04. The van der Waals surface area contributed by atoms with Gasteiger partial charge in [0.25, 0.3) is 0 Å². The number of benzene rings is 1. The first-order valence-corrected chi connectivity index (χ1v) is 8.20. The van der Waals surface area contributed by atoms with E-state index in [0.29, 0.717) is 17.9 Å². The molecule has 1 aromatic rings. The van der Waals surface area contributed by atoms with Gasteiger partial charge < -0.3 is 10.1 Å². The Kier molecular flexibility index (Phi) is 5.90. The zero-order valence-corrected chi connectivity index (χ0v) is 13.2. The second-order valence-electron chi connectivity index (χ2n) is 6.13. The number of rotatable bonds is 7. The Balaban J connectivity index is 2.06. The lowest BCUT2D eigenvalue weighted by molar-refractivity contribution is 0.153. The van der Waals surface area contributed by atoms with Crippen LogP contribution in [-0.4, -0.2) is 19.2 Å². The maximum atomic E-state index is 5.99. The Hall–Kier alpha value is -1.02. The molecule has 2 rings (SSSR count). The fourth-order valence-electron chi connectivity index (χ4n) is 3.36. The summed E-state index contributed by atoms with van der Waals surface area (Å²) in [4.78, 5) is 0. The first kappa shape index (κ1) is 15.4. The number of nitrogens with one attached hydrogen (secondary N) is 1. The fraction of sp³-hybridized carbons (Fsp3) is 0.667. The minimum Gasteiger partial charge on any atom is -0.493 e. The van der Waals surface area contributed by atoms with Crippen LogP contribution in [0.15, 0.2) is 24.3 Å². The van der Waals surface area contributed by atoms with Gasteiger partial charge in [0.2, 0.25) is 0 Å².